The number of hydrogen-bond donors (Lipinski definition) is 2. The summed E-state index contributed by atoms with van der Waals surface area (Å²) in [6.45, 7) is 4.71. The number of rotatable bonds is 7. The molecule has 0 heterocycles. The molecule has 25 heavy (non-hydrogen) atoms. The minimum absolute atomic E-state index is 0. The number of benzene rings is 1. The molecular formula is C19H33IN4O. The number of nitrogens with zero attached hydrogens (tertiary/aromatic N) is 2. The van der Waals surface area contributed by atoms with Crippen molar-refractivity contribution in [2.45, 2.75) is 45.2 Å². The van der Waals surface area contributed by atoms with Crippen LogP contribution >= 0.6 is 24.0 Å². The summed E-state index contributed by atoms with van der Waals surface area (Å²) in [5, 5.41) is 6.76. The standard InChI is InChI=1S/C19H32N4O.HI/c1-15-9-10-16(18(13-15)24-4)14-22-19(20-2)21-11-12-23(3)17-7-5-6-8-17;/h9-10,13,17H,5-8,11-12,14H2,1-4H3,(H2,20,21,22);1H. The predicted octanol–water partition coefficient (Wildman–Crippen LogP) is 3.16. The van der Waals surface area contributed by atoms with Gasteiger partial charge in [-0.05, 0) is 38.4 Å². The molecule has 0 bridgehead atoms. The maximum atomic E-state index is 5.45. The summed E-state index contributed by atoms with van der Waals surface area (Å²) in [7, 11) is 5.75. The molecule has 1 aromatic rings. The number of nitrogens with one attached hydrogen (secondary N) is 2. The minimum Gasteiger partial charge on any atom is -0.496 e. The molecule has 0 saturated heterocycles. The first kappa shape index (κ1) is 22.0. The zero-order chi connectivity index (χ0) is 17.4. The molecule has 0 amide bonds. The van der Waals surface area contributed by atoms with E-state index in [0.29, 0.717) is 6.54 Å². The van der Waals surface area contributed by atoms with Crippen molar-refractivity contribution in [2.24, 2.45) is 4.99 Å². The fraction of sp³-hybridized carbons (Fsp3) is 0.632. The Morgan fingerprint density at radius 1 is 1.28 bits per heavy atom. The van der Waals surface area contributed by atoms with Gasteiger partial charge in [0.05, 0.1) is 7.11 Å². The maximum absolute atomic E-state index is 5.45. The zero-order valence-electron chi connectivity index (χ0n) is 16.0. The fourth-order valence-corrected chi connectivity index (χ4v) is 3.28. The number of likely N-dealkylation sites (N-methyl/N-ethyl adjacent to an activating group) is 1. The Kier molecular flexibility index (Phi) is 10.2. The van der Waals surface area contributed by atoms with Gasteiger partial charge < -0.3 is 20.3 Å². The minimum atomic E-state index is 0. The van der Waals surface area contributed by atoms with E-state index in [2.05, 4.69) is 52.7 Å². The zero-order valence-corrected chi connectivity index (χ0v) is 18.3. The number of halogens is 1. The largest absolute Gasteiger partial charge is 0.496 e. The highest BCUT2D eigenvalue weighted by atomic mass is 127. The van der Waals surface area contributed by atoms with Crippen molar-refractivity contribution in [3.63, 3.8) is 0 Å². The fourth-order valence-electron chi connectivity index (χ4n) is 3.28. The first-order valence-electron chi connectivity index (χ1n) is 8.92. The van der Waals surface area contributed by atoms with Crippen LogP contribution in [0.3, 0.4) is 0 Å². The Bertz CT molecular complexity index is 544. The van der Waals surface area contributed by atoms with Crippen molar-refractivity contribution >= 4 is 29.9 Å². The van der Waals surface area contributed by atoms with Crippen LogP contribution in [-0.4, -0.2) is 51.2 Å². The van der Waals surface area contributed by atoms with Crippen LogP contribution in [0.2, 0.25) is 0 Å². The summed E-state index contributed by atoms with van der Waals surface area (Å²) >= 11 is 0. The van der Waals surface area contributed by atoms with Crippen LogP contribution in [0.4, 0.5) is 0 Å². The third-order valence-corrected chi connectivity index (χ3v) is 4.82. The predicted molar refractivity (Wildman–Crippen MR) is 116 cm³/mol. The lowest BCUT2D eigenvalue weighted by atomic mass is 10.1. The third kappa shape index (κ3) is 7.01. The van der Waals surface area contributed by atoms with Crippen LogP contribution in [0.5, 0.6) is 5.75 Å². The smallest absolute Gasteiger partial charge is 0.191 e. The quantitative estimate of drug-likeness (QED) is 0.373. The summed E-state index contributed by atoms with van der Waals surface area (Å²) in [5.74, 6) is 1.75. The first-order valence-corrected chi connectivity index (χ1v) is 8.92. The molecule has 1 aliphatic carbocycles. The average molecular weight is 460 g/mol. The summed E-state index contributed by atoms with van der Waals surface area (Å²) in [4.78, 5) is 6.77. The van der Waals surface area contributed by atoms with E-state index in [1.807, 2.05) is 7.05 Å². The van der Waals surface area contributed by atoms with E-state index in [4.69, 9.17) is 4.74 Å². The van der Waals surface area contributed by atoms with E-state index in [1.165, 1.54) is 31.2 Å². The van der Waals surface area contributed by atoms with Crippen LogP contribution in [-0.2, 0) is 6.54 Å². The molecule has 0 spiro atoms. The van der Waals surface area contributed by atoms with Gasteiger partial charge in [0.25, 0.3) is 0 Å². The molecule has 2 N–H and O–H groups in total. The van der Waals surface area contributed by atoms with Crippen molar-refractivity contribution < 1.29 is 4.74 Å². The Labute approximate surface area is 169 Å². The van der Waals surface area contributed by atoms with E-state index in [0.717, 1.165) is 36.4 Å². The van der Waals surface area contributed by atoms with E-state index in [9.17, 15) is 0 Å². The first-order chi connectivity index (χ1) is 11.6. The Morgan fingerprint density at radius 3 is 2.64 bits per heavy atom. The topological polar surface area (TPSA) is 48.9 Å². The SMILES string of the molecule is CN=C(NCCN(C)C1CCCC1)NCc1ccc(C)cc1OC.I. The second kappa shape index (κ2) is 11.6. The lowest BCUT2D eigenvalue weighted by Gasteiger charge is -2.24. The third-order valence-electron chi connectivity index (χ3n) is 4.82. The second-order valence-corrected chi connectivity index (χ2v) is 6.59. The van der Waals surface area contributed by atoms with Crippen molar-refractivity contribution in [3.8, 4) is 5.75 Å². The number of guanidine groups is 1. The second-order valence-electron chi connectivity index (χ2n) is 6.59. The monoisotopic (exact) mass is 460 g/mol. The molecule has 0 aromatic heterocycles. The van der Waals surface area contributed by atoms with Gasteiger partial charge in [-0.15, -0.1) is 24.0 Å². The number of aliphatic imine (C=N–C) groups is 1. The highest BCUT2D eigenvalue weighted by Crippen LogP contribution is 2.22. The van der Waals surface area contributed by atoms with E-state index < -0.39 is 0 Å². The molecule has 0 aliphatic heterocycles. The van der Waals surface area contributed by atoms with Crippen molar-refractivity contribution in [1.29, 1.82) is 0 Å². The van der Waals surface area contributed by atoms with Crippen molar-refractivity contribution in [2.75, 3.05) is 34.3 Å². The Hall–Kier alpha value is -1.02. The molecule has 0 radical (unpaired) electrons. The van der Waals surface area contributed by atoms with Gasteiger partial charge in [-0.25, -0.2) is 0 Å². The van der Waals surface area contributed by atoms with Gasteiger partial charge in [0.1, 0.15) is 5.75 Å². The lowest BCUT2D eigenvalue weighted by molar-refractivity contribution is 0.249. The molecule has 2 rings (SSSR count). The number of methoxy groups -OCH3 is 1. The van der Waals surface area contributed by atoms with Crippen molar-refractivity contribution in [1.82, 2.24) is 15.5 Å². The van der Waals surface area contributed by atoms with E-state index >= 15 is 0 Å². The normalized spacial score (nSPS) is 15.2. The molecule has 1 fully saturated rings. The molecular weight excluding hydrogens is 427 g/mol. The molecule has 6 heteroatoms. The van der Waals surface area contributed by atoms with Gasteiger partial charge in [-0.3, -0.25) is 4.99 Å². The molecule has 142 valence electrons. The van der Waals surface area contributed by atoms with Gasteiger partial charge >= 0.3 is 0 Å². The molecule has 1 aliphatic rings. The van der Waals surface area contributed by atoms with Crippen LogP contribution in [0.1, 0.15) is 36.8 Å². The lowest BCUT2D eigenvalue weighted by Crippen LogP contribution is -2.42. The number of aryl methyl sites for hydroxylation is 1. The highest BCUT2D eigenvalue weighted by Gasteiger charge is 2.18. The molecule has 0 atom stereocenters. The summed E-state index contributed by atoms with van der Waals surface area (Å²) in [5.41, 5.74) is 2.34. The maximum Gasteiger partial charge on any atom is 0.191 e. The number of ether oxygens (including phenoxy) is 1. The van der Waals surface area contributed by atoms with Gasteiger partial charge in [0.15, 0.2) is 5.96 Å². The van der Waals surface area contributed by atoms with Gasteiger partial charge in [0, 0.05) is 38.3 Å². The van der Waals surface area contributed by atoms with Crippen LogP contribution in [0.25, 0.3) is 0 Å². The summed E-state index contributed by atoms with van der Waals surface area (Å²) < 4.78 is 5.45. The van der Waals surface area contributed by atoms with E-state index in [1.54, 1.807) is 7.11 Å². The Morgan fingerprint density at radius 2 is 2.00 bits per heavy atom. The van der Waals surface area contributed by atoms with Crippen LogP contribution in [0, 0.1) is 6.92 Å². The average Bonchev–Trinajstić information content (AvgIpc) is 3.13. The van der Waals surface area contributed by atoms with Crippen molar-refractivity contribution in [3.05, 3.63) is 29.3 Å². The van der Waals surface area contributed by atoms with Gasteiger partial charge in [0.2, 0.25) is 0 Å². The van der Waals surface area contributed by atoms with E-state index in [-0.39, 0.29) is 24.0 Å². The summed E-state index contributed by atoms with van der Waals surface area (Å²) in [6, 6.07) is 7.02. The Balaban J connectivity index is 0.00000312. The molecule has 0 unspecified atom stereocenters. The van der Waals surface area contributed by atoms with Gasteiger partial charge in [-0.1, -0.05) is 25.0 Å². The molecule has 5 nitrogen and oxygen atoms in total. The molecule has 1 saturated carbocycles. The molecule has 1 aromatic carbocycles. The van der Waals surface area contributed by atoms with Crippen LogP contribution in [0.15, 0.2) is 23.2 Å². The number of hydrogen-bond acceptors (Lipinski definition) is 3. The summed E-state index contributed by atoms with van der Waals surface area (Å²) in [6.07, 6.45) is 5.45. The van der Waals surface area contributed by atoms with Crippen LogP contribution < -0.4 is 15.4 Å². The highest BCUT2D eigenvalue weighted by molar-refractivity contribution is 14.0. The van der Waals surface area contributed by atoms with Gasteiger partial charge in [-0.2, -0.15) is 0 Å².